The van der Waals surface area contributed by atoms with Crippen LogP contribution in [0.4, 0.5) is 0 Å². The Hall–Kier alpha value is -2.47. The van der Waals surface area contributed by atoms with Crippen molar-refractivity contribution in [1.82, 2.24) is 19.4 Å². The summed E-state index contributed by atoms with van der Waals surface area (Å²) < 4.78 is 3.36. The van der Waals surface area contributed by atoms with Crippen molar-refractivity contribution in [3.63, 3.8) is 0 Å². The van der Waals surface area contributed by atoms with E-state index in [1.807, 2.05) is 24.5 Å². The number of rotatable bonds is 4. The molecule has 0 fully saturated rings. The largest absolute Gasteiger partial charge is 0.394 e. The topological polar surface area (TPSA) is 72.4 Å². The number of aliphatic hydroxyl groups is 1. The lowest BCUT2D eigenvalue weighted by Gasteiger charge is -2.00. The molecule has 20 heavy (non-hydrogen) atoms. The number of Topliss-reactive ketones (excluding diaryl/α,β-unsaturated/α-hetero) is 1. The summed E-state index contributed by atoms with van der Waals surface area (Å²) >= 11 is 0. The second-order valence-corrected chi connectivity index (χ2v) is 4.58. The van der Waals surface area contributed by atoms with Crippen molar-refractivity contribution in [3.8, 4) is 11.1 Å². The Labute approximate surface area is 115 Å². The van der Waals surface area contributed by atoms with Crippen LogP contribution < -0.4 is 0 Å². The lowest BCUT2D eigenvalue weighted by Crippen LogP contribution is -2.01. The molecule has 0 saturated carbocycles. The molecule has 0 aliphatic heterocycles. The van der Waals surface area contributed by atoms with E-state index in [1.165, 1.54) is 6.92 Å². The molecule has 0 unspecified atom stereocenters. The molecule has 0 bridgehead atoms. The molecule has 3 rings (SSSR count). The van der Waals surface area contributed by atoms with Crippen LogP contribution in [0, 0.1) is 0 Å². The molecule has 0 radical (unpaired) electrons. The van der Waals surface area contributed by atoms with Gasteiger partial charge in [0.15, 0.2) is 5.78 Å². The van der Waals surface area contributed by atoms with E-state index in [4.69, 9.17) is 5.11 Å². The maximum atomic E-state index is 11.6. The Morgan fingerprint density at radius 2 is 2.15 bits per heavy atom. The molecule has 0 aromatic carbocycles. The molecule has 0 aliphatic rings. The van der Waals surface area contributed by atoms with Gasteiger partial charge in [0, 0.05) is 18.0 Å². The van der Waals surface area contributed by atoms with Gasteiger partial charge in [0.05, 0.1) is 36.6 Å². The smallest absolute Gasteiger partial charge is 0.163 e. The number of aliphatic hydroxyl groups excluding tert-OH is 1. The minimum atomic E-state index is -0.00637. The van der Waals surface area contributed by atoms with E-state index in [1.54, 1.807) is 21.6 Å². The Balaban J connectivity index is 2.06. The van der Waals surface area contributed by atoms with E-state index in [0.717, 1.165) is 16.6 Å². The molecule has 3 heterocycles. The van der Waals surface area contributed by atoms with Crippen molar-refractivity contribution < 1.29 is 9.90 Å². The number of aromatic nitrogens is 4. The van der Waals surface area contributed by atoms with E-state index < -0.39 is 0 Å². The van der Waals surface area contributed by atoms with Crippen LogP contribution >= 0.6 is 0 Å². The molecule has 1 N–H and O–H groups in total. The van der Waals surface area contributed by atoms with Crippen LogP contribution in [0.2, 0.25) is 0 Å². The molecule has 0 aliphatic carbocycles. The molecule has 0 atom stereocenters. The third-order valence-corrected chi connectivity index (χ3v) is 3.20. The summed E-state index contributed by atoms with van der Waals surface area (Å²) in [6, 6.07) is 3.84. The predicted octanol–water partition coefficient (Wildman–Crippen LogP) is 1.39. The minimum absolute atomic E-state index is 0.00637. The third kappa shape index (κ3) is 2.10. The molecule has 0 saturated heterocycles. The maximum Gasteiger partial charge on any atom is 0.163 e. The molecule has 3 aromatic rings. The molecular weight excluding hydrogens is 256 g/mol. The summed E-state index contributed by atoms with van der Waals surface area (Å²) in [6.45, 7) is 2.05. The highest BCUT2D eigenvalue weighted by atomic mass is 16.3. The maximum absolute atomic E-state index is 11.6. The van der Waals surface area contributed by atoms with Gasteiger partial charge in [-0.05, 0) is 24.6 Å². The third-order valence-electron chi connectivity index (χ3n) is 3.20. The van der Waals surface area contributed by atoms with Gasteiger partial charge in [0.25, 0.3) is 0 Å². The first-order valence-electron chi connectivity index (χ1n) is 6.31. The number of carbonyl (C=O) groups is 1. The number of fused-ring (bicyclic) bond motifs is 1. The Bertz CT molecular complexity index is 772. The van der Waals surface area contributed by atoms with Gasteiger partial charge in [-0.15, -0.1) is 0 Å². The fraction of sp³-hybridized carbons (Fsp3) is 0.214. The van der Waals surface area contributed by atoms with E-state index in [9.17, 15) is 4.79 Å². The van der Waals surface area contributed by atoms with Gasteiger partial charge in [-0.3, -0.25) is 9.48 Å². The number of hydrogen-bond acceptors (Lipinski definition) is 4. The summed E-state index contributed by atoms with van der Waals surface area (Å²) in [6.07, 6.45) is 7.01. The van der Waals surface area contributed by atoms with Crippen LogP contribution in [0.1, 0.15) is 17.3 Å². The standard InChI is InChI=1S/C14H14N4O2/c1-10(20)13-8-16-18-3-2-11(6-14(13)18)12-7-15-17(9-12)4-5-19/h2-3,6-9,19H,4-5H2,1H3. The van der Waals surface area contributed by atoms with Crippen LogP contribution in [0.25, 0.3) is 16.6 Å². The van der Waals surface area contributed by atoms with Gasteiger partial charge in [0.2, 0.25) is 0 Å². The second-order valence-electron chi connectivity index (χ2n) is 4.58. The number of carbonyl (C=O) groups excluding carboxylic acids is 1. The van der Waals surface area contributed by atoms with Crippen molar-refractivity contribution >= 4 is 11.3 Å². The summed E-state index contributed by atoms with van der Waals surface area (Å²) in [7, 11) is 0. The summed E-state index contributed by atoms with van der Waals surface area (Å²) in [5, 5.41) is 17.2. The summed E-state index contributed by atoms with van der Waals surface area (Å²) in [4.78, 5) is 11.6. The zero-order valence-electron chi connectivity index (χ0n) is 11.0. The SMILES string of the molecule is CC(=O)c1cnn2ccc(-c3cnn(CCO)c3)cc12. The van der Waals surface area contributed by atoms with E-state index in [-0.39, 0.29) is 12.4 Å². The average Bonchev–Trinajstić information content (AvgIpc) is 3.04. The Morgan fingerprint density at radius 3 is 2.90 bits per heavy atom. The van der Waals surface area contributed by atoms with Crippen molar-refractivity contribution in [1.29, 1.82) is 0 Å². The molecule has 102 valence electrons. The molecule has 6 heteroatoms. The fourth-order valence-electron chi connectivity index (χ4n) is 2.17. The summed E-state index contributed by atoms with van der Waals surface area (Å²) in [5.74, 6) is -0.00637. The van der Waals surface area contributed by atoms with Crippen LogP contribution in [0.3, 0.4) is 0 Å². The predicted molar refractivity (Wildman–Crippen MR) is 73.5 cm³/mol. The normalized spacial score (nSPS) is 11.1. The number of nitrogens with zero attached hydrogens (tertiary/aromatic N) is 4. The van der Waals surface area contributed by atoms with Gasteiger partial charge in [-0.2, -0.15) is 10.2 Å². The molecule has 6 nitrogen and oxygen atoms in total. The highest BCUT2D eigenvalue weighted by Crippen LogP contribution is 2.22. The highest BCUT2D eigenvalue weighted by molar-refractivity contribution is 6.01. The van der Waals surface area contributed by atoms with Crippen molar-refractivity contribution in [2.24, 2.45) is 0 Å². The quantitative estimate of drug-likeness (QED) is 0.727. The summed E-state index contributed by atoms with van der Waals surface area (Å²) in [5.41, 5.74) is 3.29. The van der Waals surface area contributed by atoms with Crippen LogP contribution in [0.15, 0.2) is 36.9 Å². The first-order chi connectivity index (χ1) is 9.69. The van der Waals surface area contributed by atoms with Gasteiger partial charge < -0.3 is 5.11 Å². The Kier molecular flexibility index (Phi) is 3.08. The lowest BCUT2D eigenvalue weighted by molar-refractivity contribution is 0.101. The average molecular weight is 270 g/mol. The monoisotopic (exact) mass is 270 g/mol. The van der Waals surface area contributed by atoms with E-state index >= 15 is 0 Å². The molecular formula is C14H14N4O2. The minimum Gasteiger partial charge on any atom is -0.394 e. The zero-order valence-corrected chi connectivity index (χ0v) is 11.0. The molecule has 0 amide bonds. The van der Waals surface area contributed by atoms with Gasteiger partial charge >= 0.3 is 0 Å². The van der Waals surface area contributed by atoms with Crippen molar-refractivity contribution in [2.75, 3.05) is 6.61 Å². The zero-order chi connectivity index (χ0) is 14.1. The second kappa shape index (κ2) is 4.90. The number of pyridine rings is 1. The number of hydrogen-bond donors (Lipinski definition) is 1. The Morgan fingerprint density at radius 1 is 1.30 bits per heavy atom. The van der Waals surface area contributed by atoms with E-state index in [2.05, 4.69) is 10.2 Å². The first-order valence-corrected chi connectivity index (χ1v) is 6.31. The van der Waals surface area contributed by atoms with Crippen LogP contribution in [0.5, 0.6) is 0 Å². The van der Waals surface area contributed by atoms with Crippen LogP contribution in [-0.4, -0.2) is 36.9 Å². The molecule has 3 aromatic heterocycles. The lowest BCUT2D eigenvalue weighted by atomic mass is 10.1. The van der Waals surface area contributed by atoms with E-state index in [0.29, 0.717) is 12.1 Å². The van der Waals surface area contributed by atoms with Crippen LogP contribution in [-0.2, 0) is 6.54 Å². The van der Waals surface area contributed by atoms with Crippen molar-refractivity contribution in [3.05, 3.63) is 42.5 Å². The fourth-order valence-corrected chi connectivity index (χ4v) is 2.17. The first kappa shape index (κ1) is 12.6. The van der Waals surface area contributed by atoms with Gasteiger partial charge in [-0.1, -0.05) is 0 Å². The van der Waals surface area contributed by atoms with Crippen molar-refractivity contribution in [2.45, 2.75) is 13.5 Å². The number of ketones is 1. The highest BCUT2D eigenvalue weighted by Gasteiger charge is 2.10. The molecule has 0 spiro atoms. The van der Waals surface area contributed by atoms with Gasteiger partial charge in [-0.25, -0.2) is 4.52 Å². The van der Waals surface area contributed by atoms with Gasteiger partial charge in [0.1, 0.15) is 0 Å².